The smallest absolute Gasteiger partial charge is 0.264 e. The predicted octanol–water partition coefficient (Wildman–Crippen LogP) is 5.47. The zero-order chi connectivity index (χ0) is 36.2. The second-order valence-electron chi connectivity index (χ2n) is 12.9. The number of amides is 5. The summed E-state index contributed by atoms with van der Waals surface area (Å²) in [7, 11) is -1.08. The van der Waals surface area contributed by atoms with Crippen molar-refractivity contribution >= 4 is 63.2 Å². The van der Waals surface area contributed by atoms with Gasteiger partial charge < -0.3 is 10.6 Å². The van der Waals surface area contributed by atoms with Gasteiger partial charge in [0.2, 0.25) is 17.7 Å². The van der Waals surface area contributed by atoms with Gasteiger partial charge in [0.05, 0.1) is 17.5 Å². The summed E-state index contributed by atoms with van der Waals surface area (Å²) in [5.41, 5.74) is 6.13. The number of fused-ring (bicyclic) bond motifs is 2. The van der Waals surface area contributed by atoms with Crippen LogP contribution in [0.3, 0.4) is 0 Å². The Morgan fingerprint density at radius 2 is 1.69 bits per heavy atom. The Bertz CT molecular complexity index is 2020. The molecule has 3 aromatic rings. The molecule has 0 bridgehead atoms. The number of allylic oxidation sites excluding steroid dienone is 2. The fourth-order valence-corrected chi connectivity index (χ4v) is 7.36. The van der Waals surface area contributed by atoms with Gasteiger partial charge in [-0.3, -0.25) is 38.4 Å². The molecular weight excluding hydrogens is 672 g/mol. The number of carbonyl (C=O) groups excluding carboxylic acids is 5. The average Bonchev–Trinajstić information content (AvgIpc) is 3.50. The van der Waals surface area contributed by atoms with E-state index in [2.05, 4.69) is 16.0 Å². The minimum Gasteiger partial charge on any atom is -0.384 e. The van der Waals surface area contributed by atoms with Crippen LogP contribution < -0.4 is 16.0 Å². The third-order valence-corrected chi connectivity index (χ3v) is 10.5. The second-order valence-corrected chi connectivity index (χ2v) is 14.3. The van der Waals surface area contributed by atoms with Gasteiger partial charge in [0, 0.05) is 47.1 Å². The summed E-state index contributed by atoms with van der Waals surface area (Å²) in [6.07, 6.45) is 7.22. The highest BCUT2D eigenvalue weighted by molar-refractivity contribution is 7.84. The minimum absolute atomic E-state index is 0.0619. The lowest BCUT2D eigenvalue weighted by atomic mass is 10.0. The van der Waals surface area contributed by atoms with Crippen molar-refractivity contribution in [3.63, 3.8) is 0 Å². The van der Waals surface area contributed by atoms with Gasteiger partial charge in [-0.1, -0.05) is 37.1 Å². The van der Waals surface area contributed by atoms with Crippen LogP contribution in [-0.4, -0.2) is 64.0 Å². The van der Waals surface area contributed by atoms with Crippen molar-refractivity contribution in [2.75, 3.05) is 24.7 Å². The third-order valence-electron chi connectivity index (χ3n) is 9.52. The van der Waals surface area contributed by atoms with Crippen LogP contribution in [0.25, 0.3) is 17.2 Å². The summed E-state index contributed by atoms with van der Waals surface area (Å²) in [4.78, 5) is 65.0. The van der Waals surface area contributed by atoms with E-state index in [1.54, 1.807) is 30.5 Å². The molecule has 0 spiro atoms. The molecule has 0 aromatic heterocycles. The fraction of sp³-hybridized carbons (Fsp3) is 0.308. The quantitative estimate of drug-likeness (QED) is 0.158. The minimum atomic E-state index is -1.08. The third kappa shape index (κ3) is 7.61. The number of unbranched alkanes of at least 4 members (excludes halogenated alkanes) is 3. The number of nitrogens with one attached hydrogen (secondary N) is 3. The molecule has 264 valence electrons. The van der Waals surface area contributed by atoms with Crippen LogP contribution in [0.2, 0.25) is 0 Å². The zero-order valence-electron chi connectivity index (χ0n) is 28.5. The molecule has 1 aliphatic carbocycles. The van der Waals surface area contributed by atoms with Crippen LogP contribution in [0.1, 0.15) is 89.3 Å². The number of piperidine rings is 1. The Labute approximate surface area is 298 Å². The summed E-state index contributed by atoms with van der Waals surface area (Å²) in [6, 6.07) is 16.1. The predicted molar refractivity (Wildman–Crippen MR) is 193 cm³/mol. The first-order chi connectivity index (χ1) is 24.5. The van der Waals surface area contributed by atoms with Gasteiger partial charge >= 0.3 is 0 Å². The van der Waals surface area contributed by atoms with Gasteiger partial charge in [-0.05, 0) is 102 Å². The summed E-state index contributed by atoms with van der Waals surface area (Å²) in [5.74, 6) is -2.65. The zero-order valence-corrected chi connectivity index (χ0v) is 29.3. The number of hydrogen-bond acceptors (Lipinski definition) is 7. The number of nitrogens with zero attached hydrogens (tertiary/aromatic N) is 1. The van der Waals surface area contributed by atoms with Crippen molar-refractivity contribution < 1.29 is 32.6 Å². The van der Waals surface area contributed by atoms with Crippen LogP contribution in [0, 0.1) is 5.82 Å². The maximum atomic E-state index is 14.3. The van der Waals surface area contributed by atoms with Crippen LogP contribution in [0.4, 0.5) is 10.1 Å². The van der Waals surface area contributed by atoms with Gasteiger partial charge in [0.1, 0.15) is 11.9 Å². The highest BCUT2D eigenvalue weighted by Crippen LogP contribution is 2.44. The van der Waals surface area contributed by atoms with E-state index in [1.165, 1.54) is 12.1 Å². The first-order valence-corrected chi connectivity index (χ1v) is 18.6. The number of benzene rings is 3. The molecule has 6 rings (SSSR count). The molecule has 12 heteroatoms. The normalized spacial score (nSPS) is 18.2. The monoisotopic (exact) mass is 710 g/mol. The highest BCUT2D eigenvalue weighted by atomic mass is 32.2. The molecule has 51 heavy (non-hydrogen) atoms. The second kappa shape index (κ2) is 15.3. The lowest BCUT2D eigenvalue weighted by molar-refractivity contribution is -0.136. The van der Waals surface area contributed by atoms with Crippen molar-refractivity contribution in [3.05, 3.63) is 99.9 Å². The first kappa shape index (κ1) is 35.6. The molecule has 2 aliphatic heterocycles. The molecule has 2 heterocycles. The standard InChI is InChI=1S/C39H39FN4O6S/c1-23-29(20-24-10-13-26(14-11-24)51(2)50)27-15-12-25(40)21-31(27)30(23)22-35(46)42-19-6-4-3-5-18-41-32-9-7-8-28-36(32)39(49)44(38(28)48)33-16-17-34(45)43-37(33)47/h7-15,20-21,33,41H,3-6,16-19,22H2,1-2H3,(H,42,46)(H,43,45,47)/b29-20-. The molecule has 2 unspecified atom stereocenters. The molecule has 2 atom stereocenters. The lowest BCUT2D eigenvalue weighted by Gasteiger charge is -2.27. The van der Waals surface area contributed by atoms with Gasteiger partial charge in [0.15, 0.2) is 0 Å². The van der Waals surface area contributed by atoms with E-state index in [9.17, 15) is 32.6 Å². The number of rotatable bonds is 13. The van der Waals surface area contributed by atoms with Crippen molar-refractivity contribution in [2.45, 2.75) is 62.8 Å². The Morgan fingerprint density at radius 3 is 2.41 bits per heavy atom. The van der Waals surface area contributed by atoms with Crippen LogP contribution in [0.15, 0.2) is 71.1 Å². The topological polar surface area (TPSA) is 142 Å². The van der Waals surface area contributed by atoms with E-state index < -0.39 is 40.5 Å². The van der Waals surface area contributed by atoms with E-state index >= 15 is 0 Å². The summed E-state index contributed by atoms with van der Waals surface area (Å²) >= 11 is 0. The molecule has 0 radical (unpaired) electrons. The van der Waals surface area contributed by atoms with Crippen molar-refractivity contribution in [2.24, 2.45) is 0 Å². The van der Waals surface area contributed by atoms with E-state index in [-0.39, 0.29) is 42.1 Å². The maximum Gasteiger partial charge on any atom is 0.264 e. The Kier molecular flexibility index (Phi) is 10.7. The van der Waals surface area contributed by atoms with E-state index in [1.807, 2.05) is 37.3 Å². The van der Waals surface area contributed by atoms with Gasteiger partial charge in [-0.15, -0.1) is 0 Å². The van der Waals surface area contributed by atoms with Crippen LogP contribution >= 0.6 is 0 Å². The highest BCUT2D eigenvalue weighted by Gasteiger charge is 2.45. The molecule has 0 saturated carbocycles. The molecular formula is C39H39FN4O6S. The van der Waals surface area contributed by atoms with Gasteiger partial charge in [-0.25, -0.2) is 4.39 Å². The van der Waals surface area contributed by atoms with Gasteiger partial charge in [0.25, 0.3) is 11.8 Å². The van der Waals surface area contributed by atoms with Crippen molar-refractivity contribution in [3.8, 4) is 0 Å². The molecule has 1 saturated heterocycles. The molecule has 1 fully saturated rings. The largest absolute Gasteiger partial charge is 0.384 e. The average molecular weight is 711 g/mol. The van der Waals surface area contributed by atoms with Crippen molar-refractivity contribution in [1.29, 1.82) is 0 Å². The summed E-state index contributed by atoms with van der Waals surface area (Å²) < 4.78 is 26.1. The molecule has 3 aliphatic rings. The Hall–Kier alpha value is -5.23. The number of carbonyl (C=O) groups is 5. The maximum absolute atomic E-state index is 14.3. The number of imide groups is 2. The number of halogens is 1. The van der Waals surface area contributed by atoms with Crippen molar-refractivity contribution in [1.82, 2.24) is 15.5 Å². The van der Waals surface area contributed by atoms with E-state index in [0.717, 1.165) is 63.3 Å². The summed E-state index contributed by atoms with van der Waals surface area (Å²) in [5, 5.41) is 8.46. The number of anilines is 1. The number of hydrogen-bond donors (Lipinski definition) is 3. The Balaban J connectivity index is 0.970. The molecule has 3 aromatic carbocycles. The summed E-state index contributed by atoms with van der Waals surface area (Å²) in [6.45, 7) is 3.01. The fourth-order valence-electron chi connectivity index (χ4n) is 6.84. The Morgan fingerprint density at radius 1 is 0.941 bits per heavy atom. The van der Waals surface area contributed by atoms with Crippen LogP contribution in [0.5, 0.6) is 0 Å². The lowest BCUT2D eigenvalue weighted by Crippen LogP contribution is -2.54. The molecule has 5 amide bonds. The van der Waals surface area contributed by atoms with E-state index in [0.29, 0.717) is 24.3 Å². The molecule has 3 N–H and O–H groups in total. The van der Waals surface area contributed by atoms with E-state index in [4.69, 9.17) is 0 Å². The first-order valence-electron chi connectivity index (χ1n) is 17.0. The SMILES string of the molecule is CC1=C(CC(=O)NCCCCCCNc2cccc3c2C(=O)N(C2CCC(=O)NC2=O)C3=O)c2cc(F)ccc2/C1=C\c1ccc(S(C)=O)cc1. The van der Waals surface area contributed by atoms with Gasteiger partial charge in [-0.2, -0.15) is 0 Å². The molecule has 10 nitrogen and oxygen atoms in total. The van der Waals surface area contributed by atoms with Crippen LogP contribution in [-0.2, 0) is 25.2 Å².